The molecule has 0 amide bonds. The molecule has 1 N–H and O–H groups in total. The Bertz CT molecular complexity index is 455. The van der Waals surface area contributed by atoms with Gasteiger partial charge in [-0.1, -0.05) is 5.10 Å². The van der Waals surface area contributed by atoms with Crippen LogP contribution < -0.4 is 9.47 Å². The van der Waals surface area contributed by atoms with Crippen LogP contribution in [0.1, 0.15) is 0 Å². The van der Waals surface area contributed by atoms with E-state index in [0.29, 0.717) is 5.75 Å². The molecule has 1 aromatic rings. The van der Waals surface area contributed by atoms with Crippen LogP contribution in [0.5, 0.6) is 11.5 Å². The van der Waals surface area contributed by atoms with Crippen LogP contribution in [-0.4, -0.2) is 13.5 Å². The fraction of sp³-hybridized carbons (Fsp3) is 0.100. The van der Waals surface area contributed by atoms with E-state index in [1.807, 2.05) is 0 Å². The maximum absolute atomic E-state index is 6.30. The quantitative estimate of drug-likeness (QED) is 0.264. The van der Waals surface area contributed by atoms with Gasteiger partial charge in [0, 0.05) is 0 Å². The average molecular weight is 249 g/mol. The Hall–Kier alpha value is -2.77. The van der Waals surface area contributed by atoms with Gasteiger partial charge < -0.3 is 14.2 Å². The molecule has 0 atom stereocenters. The maximum Gasteiger partial charge on any atom is 0.283 e. The third-order valence-corrected chi connectivity index (χ3v) is 1.66. The molecule has 0 aliphatic carbocycles. The van der Waals surface area contributed by atoms with Gasteiger partial charge in [0.1, 0.15) is 11.5 Å². The standard InChI is InChI=1S/C10H11N5O3/c1-8(17-7-12-14-15-13-11)18-10-5-3-9(16-2)4-6-10/h3-7,11H,1H2,2H3. The van der Waals surface area contributed by atoms with Gasteiger partial charge in [0.2, 0.25) is 6.40 Å². The lowest BCUT2D eigenvalue weighted by Gasteiger charge is -2.06. The lowest BCUT2D eigenvalue weighted by atomic mass is 10.3. The monoisotopic (exact) mass is 249 g/mol. The Kier molecular flexibility index (Phi) is 5.54. The highest BCUT2D eigenvalue weighted by molar-refractivity contribution is 5.47. The van der Waals surface area contributed by atoms with E-state index in [-0.39, 0.29) is 5.95 Å². The molecule has 94 valence electrons. The second-order valence-electron chi connectivity index (χ2n) is 2.77. The minimum atomic E-state index is 0.0157. The van der Waals surface area contributed by atoms with Crippen molar-refractivity contribution >= 4 is 6.40 Å². The van der Waals surface area contributed by atoms with Gasteiger partial charge in [-0.15, -0.1) is 0 Å². The minimum absolute atomic E-state index is 0.0157. The first kappa shape index (κ1) is 13.3. The summed E-state index contributed by atoms with van der Waals surface area (Å²) in [6, 6.07) is 6.87. The zero-order valence-electron chi connectivity index (χ0n) is 9.61. The zero-order chi connectivity index (χ0) is 13.2. The number of benzene rings is 1. The van der Waals surface area contributed by atoms with Gasteiger partial charge in [-0.2, -0.15) is 5.53 Å². The predicted molar refractivity (Wildman–Crippen MR) is 62.3 cm³/mol. The summed E-state index contributed by atoms with van der Waals surface area (Å²) in [6.45, 7) is 3.51. The number of methoxy groups -OCH3 is 1. The molecule has 1 rings (SSSR count). The fourth-order valence-electron chi connectivity index (χ4n) is 0.946. The lowest BCUT2D eigenvalue weighted by Crippen LogP contribution is -1.97. The molecule has 1 aromatic carbocycles. The van der Waals surface area contributed by atoms with Gasteiger partial charge in [0.15, 0.2) is 0 Å². The van der Waals surface area contributed by atoms with Crippen molar-refractivity contribution in [1.82, 2.24) is 0 Å². The molecule has 8 heteroatoms. The van der Waals surface area contributed by atoms with Gasteiger partial charge in [-0.05, 0) is 46.5 Å². The van der Waals surface area contributed by atoms with Crippen LogP contribution in [0.15, 0.2) is 57.6 Å². The van der Waals surface area contributed by atoms with E-state index in [1.54, 1.807) is 31.4 Å². The summed E-state index contributed by atoms with van der Waals surface area (Å²) in [5, 5.41) is 11.9. The second kappa shape index (κ2) is 7.49. The molecule has 0 aliphatic heterocycles. The summed E-state index contributed by atoms with van der Waals surface area (Å²) < 4.78 is 15.1. The fourth-order valence-corrected chi connectivity index (χ4v) is 0.946. The van der Waals surface area contributed by atoms with E-state index in [4.69, 9.17) is 19.7 Å². The van der Waals surface area contributed by atoms with Crippen molar-refractivity contribution in [2.45, 2.75) is 0 Å². The Morgan fingerprint density at radius 2 is 1.89 bits per heavy atom. The molecule has 0 spiro atoms. The van der Waals surface area contributed by atoms with Crippen molar-refractivity contribution in [2.24, 2.45) is 20.8 Å². The van der Waals surface area contributed by atoms with Crippen LogP contribution in [0.4, 0.5) is 0 Å². The molecule has 0 saturated carbocycles. The summed E-state index contributed by atoms with van der Waals surface area (Å²) in [7, 11) is 1.58. The van der Waals surface area contributed by atoms with Gasteiger partial charge in [-0.3, -0.25) is 0 Å². The second-order valence-corrected chi connectivity index (χ2v) is 2.77. The molecule has 0 radical (unpaired) electrons. The highest BCUT2D eigenvalue weighted by atomic mass is 16.7. The summed E-state index contributed by atoms with van der Waals surface area (Å²) in [5.41, 5.74) is 6.30. The zero-order valence-corrected chi connectivity index (χ0v) is 9.61. The minimum Gasteiger partial charge on any atom is -0.497 e. The molecule has 0 saturated heterocycles. The molecular formula is C10H11N5O3. The SMILES string of the molecule is C=C(OC=NN=NN=N)Oc1ccc(OC)cc1. The molecule has 0 unspecified atom stereocenters. The lowest BCUT2D eigenvalue weighted by molar-refractivity contribution is 0.227. The van der Waals surface area contributed by atoms with Crippen LogP contribution in [0.2, 0.25) is 0 Å². The summed E-state index contributed by atoms with van der Waals surface area (Å²) in [6.07, 6.45) is 0.959. The van der Waals surface area contributed by atoms with E-state index >= 15 is 0 Å². The molecule has 0 bridgehead atoms. The van der Waals surface area contributed by atoms with E-state index in [1.165, 1.54) is 0 Å². The van der Waals surface area contributed by atoms with Gasteiger partial charge in [0.05, 0.1) is 7.11 Å². The van der Waals surface area contributed by atoms with Crippen molar-refractivity contribution in [3.63, 3.8) is 0 Å². The first-order valence-electron chi connectivity index (χ1n) is 4.72. The predicted octanol–water partition coefficient (Wildman–Crippen LogP) is 2.90. The normalized spacial score (nSPS) is 10.5. The first-order valence-corrected chi connectivity index (χ1v) is 4.72. The summed E-state index contributed by atoms with van der Waals surface area (Å²) in [4.78, 5) is 0. The molecule has 18 heavy (non-hydrogen) atoms. The smallest absolute Gasteiger partial charge is 0.283 e. The largest absolute Gasteiger partial charge is 0.497 e. The van der Waals surface area contributed by atoms with E-state index in [9.17, 15) is 0 Å². The van der Waals surface area contributed by atoms with Crippen LogP contribution in [0.25, 0.3) is 0 Å². The molecule has 0 aliphatic rings. The van der Waals surface area contributed by atoms with Crippen LogP contribution in [0.3, 0.4) is 0 Å². The summed E-state index contributed by atoms with van der Waals surface area (Å²) >= 11 is 0. The topological polar surface area (TPSA) is 101 Å². The number of nitrogens with one attached hydrogen (secondary N) is 1. The van der Waals surface area contributed by atoms with Crippen LogP contribution >= 0.6 is 0 Å². The van der Waals surface area contributed by atoms with Crippen LogP contribution in [-0.2, 0) is 4.74 Å². The highest BCUT2D eigenvalue weighted by Gasteiger charge is 1.98. The van der Waals surface area contributed by atoms with Gasteiger partial charge >= 0.3 is 0 Å². The Labute approximate surface area is 103 Å². The van der Waals surface area contributed by atoms with Gasteiger partial charge in [-0.25, -0.2) is 0 Å². The third-order valence-electron chi connectivity index (χ3n) is 1.66. The van der Waals surface area contributed by atoms with E-state index in [0.717, 1.165) is 12.2 Å². The van der Waals surface area contributed by atoms with Crippen molar-refractivity contribution in [1.29, 1.82) is 5.53 Å². The molecule has 0 fully saturated rings. The number of rotatable bonds is 7. The number of ether oxygens (including phenoxy) is 3. The maximum atomic E-state index is 6.30. The molecular weight excluding hydrogens is 238 g/mol. The number of hydrogen-bond donors (Lipinski definition) is 1. The highest BCUT2D eigenvalue weighted by Crippen LogP contribution is 2.18. The molecule has 8 nitrogen and oxygen atoms in total. The molecule has 0 aromatic heterocycles. The first-order chi connectivity index (χ1) is 8.76. The van der Waals surface area contributed by atoms with Crippen molar-refractivity contribution in [3.8, 4) is 11.5 Å². The van der Waals surface area contributed by atoms with Gasteiger partial charge in [0.25, 0.3) is 5.95 Å². The van der Waals surface area contributed by atoms with Crippen molar-refractivity contribution < 1.29 is 14.2 Å². The van der Waals surface area contributed by atoms with Crippen LogP contribution in [0, 0.1) is 5.53 Å². The third kappa shape index (κ3) is 4.84. The molecule has 0 heterocycles. The number of nitrogens with zero attached hydrogens (tertiary/aromatic N) is 4. The Morgan fingerprint density at radius 1 is 1.22 bits per heavy atom. The van der Waals surface area contributed by atoms with E-state index < -0.39 is 0 Å². The van der Waals surface area contributed by atoms with Crippen molar-refractivity contribution in [2.75, 3.05) is 7.11 Å². The Balaban J connectivity index is 2.41. The number of hydrogen-bond acceptors (Lipinski definition) is 5. The van der Waals surface area contributed by atoms with E-state index in [2.05, 4.69) is 27.4 Å². The average Bonchev–Trinajstić information content (AvgIpc) is 2.39. The van der Waals surface area contributed by atoms with Crippen molar-refractivity contribution in [3.05, 3.63) is 36.8 Å². The Morgan fingerprint density at radius 3 is 2.50 bits per heavy atom. The summed E-state index contributed by atoms with van der Waals surface area (Å²) in [5.74, 6) is 1.27.